The van der Waals surface area contributed by atoms with Crippen molar-refractivity contribution in [2.45, 2.75) is 58.7 Å². The Morgan fingerprint density at radius 2 is 1.83 bits per heavy atom. The van der Waals surface area contributed by atoms with Gasteiger partial charge in [0.1, 0.15) is 5.75 Å². The summed E-state index contributed by atoms with van der Waals surface area (Å²) in [7, 11) is 0. The van der Waals surface area contributed by atoms with Crippen molar-refractivity contribution in [1.29, 1.82) is 0 Å². The van der Waals surface area contributed by atoms with E-state index in [1.807, 2.05) is 0 Å². The minimum absolute atomic E-state index is 0.243. The van der Waals surface area contributed by atoms with E-state index >= 15 is 0 Å². The van der Waals surface area contributed by atoms with Crippen LogP contribution in [0.2, 0.25) is 0 Å². The molecule has 0 aliphatic heterocycles. The van der Waals surface area contributed by atoms with Crippen LogP contribution in [0, 0.1) is 5.92 Å². The molecule has 0 radical (unpaired) electrons. The number of benzene rings is 1. The van der Waals surface area contributed by atoms with Crippen molar-refractivity contribution in [1.82, 2.24) is 5.32 Å². The summed E-state index contributed by atoms with van der Waals surface area (Å²) in [6.07, 6.45) is 4.45. The Hall–Kier alpha value is -1.02. The first-order valence-electron chi connectivity index (χ1n) is 7.14. The quantitative estimate of drug-likeness (QED) is 0.826. The lowest BCUT2D eigenvalue weighted by Gasteiger charge is -2.32. The summed E-state index contributed by atoms with van der Waals surface area (Å²) in [6, 6.07) is 9.07. The second-order valence-corrected chi connectivity index (χ2v) is 5.67. The Kier molecular flexibility index (Phi) is 4.65. The molecule has 2 heteroatoms. The van der Waals surface area contributed by atoms with Gasteiger partial charge in [-0.05, 0) is 57.2 Å². The first-order chi connectivity index (χ1) is 8.65. The van der Waals surface area contributed by atoms with Crippen LogP contribution in [0.3, 0.4) is 0 Å². The molecular weight excluding hydrogens is 222 g/mol. The Morgan fingerprint density at radius 3 is 2.33 bits per heavy atom. The maximum Gasteiger partial charge on any atom is 0.119 e. The Morgan fingerprint density at radius 1 is 1.17 bits per heavy atom. The smallest absolute Gasteiger partial charge is 0.119 e. The fraction of sp³-hybridized carbons (Fsp3) is 0.625. The largest absolute Gasteiger partial charge is 0.491 e. The molecule has 100 valence electrons. The predicted molar refractivity (Wildman–Crippen MR) is 75.8 cm³/mol. The first-order valence-corrected chi connectivity index (χ1v) is 7.14. The van der Waals surface area contributed by atoms with Gasteiger partial charge in [0.15, 0.2) is 0 Å². The summed E-state index contributed by atoms with van der Waals surface area (Å²) in [5, 5.41) is 3.62. The van der Waals surface area contributed by atoms with E-state index in [1.54, 1.807) is 0 Å². The van der Waals surface area contributed by atoms with Crippen LogP contribution < -0.4 is 10.1 Å². The Bertz CT molecular complexity index is 354. The maximum atomic E-state index is 5.64. The molecule has 0 spiro atoms. The highest BCUT2D eigenvalue weighted by Crippen LogP contribution is 2.29. The summed E-state index contributed by atoms with van der Waals surface area (Å²) in [5.74, 6) is 1.86. The molecule has 0 bridgehead atoms. The number of ether oxygens (including phenoxy) is 1. The molecule has 2 rings (SSSR count). The van der Waals surface area contributed by atoms with Crippen molar-refractivity contribution >= 4 is 0 Å². The van der Waals surface area contributed by atoms with Gasteiger partial charge in [0.25, 0.3) is 0 Å². The van der Waals surface area contributed by atoms with Gasteiger partial charge in [0.05, 0.1) is 6.10 Å². The van der Waals surface area contributed by atoms with Crippen molar-refractivity contribution in [3.63, 3.8) is 0 Å². The second kappa shape index (κ2) is 6.24. The van der Waals surface area contributed by atoms with E-state index in [4.69, 9.17) is 4.74 Å². The fourth-order valence-electron chi connectivity index (χ4n) is 2.34. The third kappa shape index (κ3) is 3.74. The molecule has 0 amide bonds. The molecule has 18 heavy (non-hydrogen) atoms. The summed E-state index contributed by atoms with van der Waals surface area (Å²) < 4.78 is 5.64. The standard InChI is InChI=1S/C16H25NO/c1-12(2)18-16-9-7-14(8-10-16)11-17-13(3)15-5-4-6-15/h7-10,12-13,15,17H,4-6,11H2,1-3H3. The van der Waals surface area contributed by atoms with Gasteiger partial charge < -0.3 is 10.1 Å². The van der Waals surface area contributed by atoms with E-state index in [9.17, 15) is 0 Å². The van der Waals surface area contributed by atoms with Gasteiger partial charge in [-0.3, -0.25) is 0 Å². The van der Waals surface area contributed by atoms with Gasteiger partial charge in [-0.1, -0.05) is 18.6 Å². The van der Waals surface area contributed by atoms with Crippen LogP contribution in [0.4, 0.5) is 0 Å². The molecule has 1 N–H and O–H groups in total. The van der Waals surface area contributed by atoms with Gasteiger partial charge in [-0.15, -0.1) is 0 Å². The molecule has 1 aromatic carbocycles. The SMILES string of the molecule is CC(C)Oc1ccc(CNC(C)C2CCC2)cc1. The molecule has 1 fully saturated rings. The van der Waals surface area contributed by atoms with Crippen LogP contribution in [-0.2, 0) is 6.54 Å². The van der Waals surface area contributed by atoms with Gasteiger partial charge >= 0.3 is 0 Å². The zero-order valence-electron chi connectivity index (χ0n) is 11.8. The first kappa shape index (κ1) is 13.4. The van der Waals surface area contributed by atoms with E-state index in [2.05, 4.69) is 50.4 Å². The second-order valence-electron chi connectivity index (χ2n) is 5.67. The highest BCUT2D eigenvalue weighted by molar-refractivity contribution is 5.27. The van der Waals surface area contributed by atoms with Crippen molar-refractivity contribution in [3.8, 4) is 5.75 Å². The zero-order chi connectivity index (χ0) is 13.0. The highest BCUT2D eigenvalue weighted by Gasteiger charge is 2.23. The van der Waals surface area contributed by atoms with E-state index in [-0.39, 0.29) is 6.10 Å². The monoisotopic (exact) mass is 247 g/mol. The lowest BCUT2D eigenvalue weighted by molar-refractivity contribution is 0.239. The van der Waals surface area contributed by atoms with Gasteiger partial charge in [0, 0.05) is 12.6 Å². The summed E-state index contributed by atoms with van der Waals surface area (Å²) in [4.78, 5) is 0. The van der Waals surface area contributed by atoms with Crippen LogP contribution in [0.15, 0.2) is 24.3 Å². The molecule has 1 aliphatic carbocycles. The predicted octanol–water partition coefficient (Wildman–Crippen LogP) is 3.75. The Labute approximate surface area is 111 Å². The molecule has 0 heterocycles. The molecule has 2 nitrogen and oxygen atoms in total. The van der Waals surface area contributed by atoms with E-state index < -0.39 is 0 Å². The summed E-state index contributed by atoms with van der Waals surface area (Å²) in [6.45, 7) is 7.37. The van der Waals surface area contributed by atoms with Crippen molar-refractivity contribution < 1.29 is 4.74 Å². The summed E-state index contributed by atoms with van der Waals surface area (Å²) >= 11 is 0. The zero-order valence-corrected chi connectivity index (χ0v) is 11.8. The average Bonchev–Trinajstić information content (AvgIpc) is 2.25. The number of hydrogen-bond donors (Lipinski definition) is 1. The van der Waals surface area contributed by atoms with Crippen LogP contribution in [0.5, 0.6) is 5.75 Å². The minimum Gasteiger partial charge on any atom is -0.491 e. The molecule has 1 unspecified atom stereocenters. The molecule has 1 aromatic rings. The molecule has 1 aliphatic rings. The van der Waals surface area contributed by atoms with E-state index in [0.29, 0.717) is 6.04 Å². The van der Waals surface area contributed by atoms with Gasteiger partial charge in [0.2, 0.25) is 0 Å². The lowest BCUT2D eigenvalue weighted by atomic mass is 9.80. The summed E-state index contributed by atoms with van der Waals surface area (Å²) in [5.41, 5.74) is 1.33. The number of hydrogen-bond acceptors (Lipinski definition) is 2. The van der Waals surface area contributed by atoms with Crippen molar-refractivity contribution in [2.75, 3.05) is 0 Å². The number of nitrogens with one attached hydrogen (secondary N) is 1. The van der Waals surface area contributed by atoms with E-state index in [0.717, 1.165) is 18.2 Å². The topological polar surface area (TPSA) is 21.3 Å². The molecular formula is C16H25NO. The third-order valence-electron chi connectivity index (χ3n) is 3.78. The average molecular weight is 247 g/mol. The minimum atomic E-state index is 0.243. The molecule has 1 atom stereocenters. The maximum absolute atomic E-state index is 5.64. The molecule has 0 saturated heterocycles. The van der Waals surface area contributed by atoms with Crippen LogP contribution >= 0.6 is 0 Å². The van der Waals surface area contributed by atoms with E-state index in [1.165, 1.54) is 24.8 Å². The Balaban J connectivity index is 1.78. The van der Waals surface area contributed by atoms with Gasteiger partial charge in [-0.2, -0.15) is 0 Å². The molecule has 0 aromatic heterocycles. The highest BCUT2D eigenvalue weighted by atomic mass is 16.5. The molecule has 1 saturated carbocycles. The number of rotatable bonds is 6. The lowest BCUT2D eigenvalue weighted by Crippen LogP contribution is -2.36. The third-order valence-corrected chi connectivity index (χ3v) is 3.78. The van der Waals surface area contributed by atoms with Crippen LogP contribution in [0.25, 0.3) is 0 Å². The van der Waals surface area contributed by atoms with Gasteiger partial charge in [-0.25, -0.2) is 0 Å². The van der Waals surface area contributed by atoms with Crippen molar-refractivity contribution in [3.05, 3.63) is 29.8 Å². The van der Waals surface area contributed by atoms with Crippen molar-refractivity contribution in [2.24, 2.45) is 5.92 Å². The van der Waals surface area contributed by atoms with Crippen LogP contribution in [-0.4, -0.2) is 12.1 Å². The normalized spacial score (nSPS) is 17.6. The van der Waals surface area contributed by atoms with Crippen LogP contribution in [0.1, 0.15) is 45.6 Å². The fourth-order valence-corrected chi connectivity index (χ4v) is 2.34.